The van der Waals surface area contributed by atoms with Crippen molar-refractivity contribution in [2.75, 3.05) is 11.9 Å². The molecule has 1 aromatic carbocycles. The van der Waals surface area contributed by atoms with Crippen molar-refractivity contribution in [2.24, 2.45) is 0 Å². The molecule has 0 unspecified atom stereocenters. The Labute approximate surface area is 209 Å². The molecule has 0 bridgehead atoms. The van der Waals surface area contributed by atoms with Crippen LogP contribution in [0.25, 0.3) is 11.2 Å². The van der Waals surface area contributed by atoms with Gasteiger partial charge in [0, 0.05) is 11.4 Å². The van der Waals surface area contributed by atoms with Gasteiger partial charge in [-0.15, -0.1) is 5.10 Å². The van der Waals surface area contributed by atoms with Crippen molar-refractivity contribution in [1.82, 2.24) is 25.0 Å². The number of anilines is 1. The first-order chi connectivity index (χ1) is 16.2. The highest BCUT2D eigenvalue weighted by Crippen LogP contribution is 2.35. The van der Waals surface area contributed by atoms with Gasteiger partial charge in [0.15, 0.2) is 22.1 Å². The Morgan fingerprint density at radius 2 is 1.94 bits per heavy atom. The van der Waals surface area contributed by atoms with Crippen LogP contribution in [0, 0.1) is 0 Å². The van der Waals surface area contributed by atoms with Crippen LogP contribution in [0.4, 0.5) is 10.6 Å². The lowest BCUT2D eigenvalue weighted by atomic mass is 10.2. The first-order valence-electron chi connectivity index (χ1n) is 10.5. The number of hydrogen-bond donors (Lipinski definition) is 5. The van der Waals surface area contributed by atoms with Gasteiger partial charge in [-0.3, -0.25) is 0 Å². The zero-order chi connectivity index (χ0) is 24.8. The predicted octanol–water partition coefficient (Wildman–Crippen LogP) is 4.17. The molecule has 1 saturated carbocycles. The molecule has 0 saturated heterocycles. The smallest absolute Gasteiger partial charge is 0.450 e. The average molecular weight is 531 g/mol. The molecule has 0 aliphatic heterocycles. The standard InChI is InChI=1S/C19H22Cl2N6O2S.CH2O3/c1-2-3-8-22-17-15-18(27(26-25-15)13-6-7-14(28)16(13)29)24-19(23-17)30-10-4-5-11(20)12(21)9-10;2-1(3)4/h4-5,9,13-14,16,28-29H,2-3,6-8H2,1H3,(H,22,23,24);(H2,2,3,4)/t13-,14-,16+;/m1./s1. The summed E-state index contributed by atoms with van der Waals surface area (Å²) in [6.07, 6.45) is -0.382. The molecule has 5 N–H and O–H groups in total. The van der Waals surface area contributed by atoms with Crippen LogP contribution in [0.1, 0.15) is 38.6 Å². The highest BCUT2D eigenvalue weighted by molar-refractivity contribution is 7.99. The summed E-state index contributed by atoms with van der Waals surface area (Å²) < 4.78 is 1.60. The number of halogens is 2. The summed E-state index contributed by atoms with van der Waals surface area (Å²) in [5.74, 6) is 0.593. The fourth-order valence-electron chi connectivity index (χ4n) is 3.44. The molecule has 4 rings (SSSR count). The molecule has 1 fully saturated rings. The monoisotopic (exact) mass is 530 g/mol. The SMILES string of the molecule is CCCCNc1nc(Sc2ccc(Cl)c(Cl)c2)nc2c1nnn2[C@@H]1CC[C@@H](O)[C@H]1O.O=C(O)O. The molecule has 184 valence electrons. The third kappa shape index (κ3) is 6.39. The van der Waals surface area contributed by atoms with Gasteiger partial charge in [-0.25, -0.2) is 19.4 Å². The third-order valence-electron chi connectivity index (χ3n) is 5.09. The minimum absolute atomic E-state index is 0.383. The lowest BCUT2D eigenvalue weighted by molar-refractivity contribution is 0.0215. The van der Waals surface area contributed by atoms with E-state index in [1.165, 1.54) is 11.8 Å². The Kier molecular flexibility index (Phi) is 9.14. The second kappa shape index (κ2) is 11.8. The first kappa shape index (κ1) is 26.2. The van der Waals surface area contributed by atoms with Gasteiger partial charge in [0.25, 0.3) is 0 Å². The van der Waals surface area contributed by atoms with Crippen molar-refractivity contribution in [2.45, 2.75) is 60.9 Å². The van der Waals surface area contributed by atoms with Gasteiger partial charge in [-0.1, -0.05) is 41.8 Å². The van der Waals surface area contributed by atoms with Gasteiger partial charge < -0.3 is 25.7 Å². The fourth-order valence-corrected chi connectivity index (χ4v) is 4.59. The molecule has 0 spiro atoms. The van der Waals surface area contributed by atoms with E-state index >= 15 is 0 Å². The molecule has 0 radical (unpaired) electrons. The van der Waals surface area contributed by atoms with E-state index in [0.29, 0.717) is 45.0 Å². The summed E-state index contributed by atoms with van der Waals surface area (Å²) in [7, 11) is 0. The molecule has 2 aromatic heterocycles. The molecule has 14 heteroatoms. The lowest BCUT2D eigenvalue weighted by Crippen LogP contribution is -2.28. The maximum Gasteiger partial charge on any atom is 0.503 e. The molecule has 34 heavy (non-hydrogen) atoms. The van der Waals surface area contributed by atoms with Crippen molar-refractivity contribution < 1.29 is 25.2 Å². The van der Waals surface area contributed by atoms with E-state index in [4.69, 9.17) is 38.2 Å². The van der Waals surface area contributed by atoms with Crippen LogP contribution in [-0.2, 0) is 0 Å². The van der Waals surface area contributed by atoms with Gasteiger partial charge in [0.1, 0.15) is 6.10 Å². The van der Waals surface area contributed by atoms with Crippen molar-refractivity contribution >= 4 is 58.1 Å². The normalized spacial score (nSPS) is 19.6. The van der Waals surface area contributed by atoms with E-state index in [-0.39, 0.29) is 6.04 Å². The maximum atomic E-state index is 10.4. The topological polar surface area (TPSA) is 167 Å². The van der Waals surface area contributed by atoms with Crippen LogP contribution in [0.15, 0.2) is 28.3 Å². The third-order valence-corrected chi connectivity index (χ3v) is 6.68. The number of benzene rings is 1. The van der Waals surface area contributed by atoms with Crippen LogP contribution < -0.4 is 5.32 Å². The van der Waals surface area contributed by atoms with E-state index in [9.17, 15) is 10.2 Å². The number of carboxylic acid groups (broad SMARTS) is 2. The molecular formula is C20H24Cl2N6O5S. The minimum Gasteiger partial charge on any atom is -0.450 e. The predicted molar refractivity (Wildman–Crippen MR) is 128 cm³/mol. The van der Waals surface area contributed by atoms with Gasteiger partial charge >= 0.3 is 6.16 Å². The number of hydrogen-bond acceptors (Lipinski definition) is 9. The van der Waals surface area contributed by atoms with E-state index in [1.54, 1.807) is 16.8 Å². The zero-order valence-electron chi connectivity index (χ0n) is 18.1. The van der Waals surface area contributed by atoms with E-state index in [0.717, 1.165) is 24.3 Å². The summed E-state index contributed by atoms with van der Waals surface area (Å²) in [6.45, 7) is 2.86. The fraction of sp³-hybridized carbons (Fsp3) is 0.450. The Morgan fingerprint density at radius 1 is 1.21 bits per heavy atom. The number of aliphatic hydroxyl groups is 2. The number of aliphatic hydroxyl groups excluding tert-OH is 2. The second-order valence-electron chi connectivity index (χ2n) is 7.50. The molecule has 1 aliphatic carbocycles. The van der Waals surface area contributed by atoms with Gasteiger partial charge in [-0.05, 0) is 49.2 Å². The van der Waals surface area contributed by atoms with Crippen LogP contribution in [0.2, 0.25) is 10.0 Å². The van der Waals surface area contributed by atoms with Crippen molar-refractivity contribution in [1.29, 1.82) is 0 Å². The Morgan fingerprint density at radius 3 is 2.56 bits per heavy atom. The number of nitrogens with zero attached hydrogens (tertiary/aromatic N) is 5. The lowest BCUT2D eigenvalue weighted by Gasteiger charge is -2.16. The maximum absolute atomic E-state index is 10.4. The largest absolute Gasteiger partial charge is 0.503 e. The summed E-state index contributed by atoms with van der Waals surface area (Å²) in [5, 5.41) is 47.5. The summed E-state index contributed by atoms with van der Waals surface area (Å²) in [6, 6.07) is 4.96. The molecular weight excluding hydrogens is 507 g/mol. The van der Waals surface area contributed by atoms with Gasteiger partial charge in [0.2, 0.25) is 0 Å². The van der Waals surface area contributed by atoms with Crippen LogP contribution in [-0.4, -0.2) is 70.3 Å². The van der Waals surface area contributed by atoms with Gasteiger partial charge in [0.05, 0.1) is 22.2 Å². The quantitative estimate of drug-likeness (QED) is 0.219. The molecule has 2 heterocycles. The molecule has 3 aromatic rings. The van der Waals surface area contributed by atoms with Crippen molar-refractivity contribution in [3.8, 4) is 0 Å². The average Bonchev–Trinajstić information content (AvgIpc) is 3.34. The Bertz CT molecular complexity index is 1150. The van der Waals surface area contributed by atoms with Crippen molar-refractivity contribution in [3.05, 3.63) is 28.2 Å². The molecule has 11 nitrogen and oxygen atoms in total. The number of aromatic nitrogens is 5. The van der Waals surface area contributed by atoms with Crippen LogP contribution >= 0.6 is 35.0 Å². The number of fused-ring (bicyclic) bond motifs is 1. The molecule has 0 amide bonds. The first-order valence-corrected chi connectivity index (χ1v) is 12.1. The molecule has 3 atom stereocenters. The van der Waals surface area contributed by atoms with Crippen molar-refractivity contribution in [3.63, 3.8) is 0 Å². The number of rotatable bonds is 7. The highest BCUT2D eigenvalue weighted by Gasteiger charge is 2.37. The highest BCUT2D eigenvalue weighted by atomic mass is 35.5. The Balaban J connectivity index is 0.000000751. The van der Waals surface area contributed by atoms with Crippen LogP contribution in [0.3, 0.4) is 0 Å². The van der Waals surface area contributed by atoms with E-state index in [2.05, 4.69) is 32.5 Å². The zero-order valence-corrected chi connectivity index (χ0v) is 20.4. The molecule has 1 aliphatic rings. The summed E-state index contributed by atoms with van der Waals surface area (Å²) >= 11 is 13.5. The van der Waals surface area contributed by atoms with E-state index < -0.39 is 18.4 Å². The number of unbranched alkanes of at least 4 members (excludes halogenated alkanes) is 1. The van der Waals surface area contributed by atoms with E-state index in [1.807, 2.05) is 6.07 Å². The van der Waals surface area contributed by atoms with Gasteiger partial charge in [-0.2, -0.15) is 0 Å². The minimum atomic E-state index is -1.83. The Hall–Kier alpha value is -2.38. The number of carbonyl (C=O) groups is 1. The van der Waals surface area contributed by atoms with Crippen LogP contribution in [0.5, 0.6) is 0 Å². The summed E-state index contributed by atoms with van der Waals surface area (Å²) in [4.78, 5) is 18.7. The summed E-state index contributed by atoms with van der Waals surface area (Å²) in [5.41, 5.74) is 1.06. The second-order valence-corrected chi connectivity index (χ2v) is 9.36. The number of nitrogens with one attached hydrogen (secondary N) is 1.